The van der Waals surface area contributed by atoms with Gasteiger partial charge in [-0.05, 0) is 25.2 Å². The number of carbonyl (C=O) groups excluding carboxylic acids is 2. The molecule has 0 bridgehead atoms. The Hall–Kier alpha value is -1.14. The molecule has 0 aromatic heterocycles. The summed E-state index contributed by atoms with van der Waals surface area (Å²) in [4.78, 5) is 26.8. The fourth-order valence-corrected chi connectivity index (χ4v) is 3.03. The summed E-state index contributed by atoms with van der Waals surface area (Å²) < 4.78 is 59.9. The molecule has 14 heteroatoms. The number of hydrogen-bond donors (Lipinski definition) is 2. The van der Waals surface area contributed by atoms with E-state index in [9.17, 15) is 27.2 Å². The molecule has 2 aromatic rings. The van der Waals surface area contributed by atoms with Gasteiger partial charge in [0.1, 0.15) is 11.5 Å². The zero-order chi connectivity index (χ0) is 24.5. The maximum Gasteiger partial charge on any atom is 1.00 e. The van der Waals surface area contributed by atoms with Gasteiger partial charge < -0.3 is 26.5 Å². The monoisotopic (exact) mass is 638 g/mol. The van der Waals surface area contributed by atoms with Crippen molar-refractivity contribution < 1.29 is 106 Å². The SMILES string of the molecule is CNSNc1cccc(CN2Cc3ccc(OC(=O)N(C)C)cc3OC2=O)c1F.FC(F)F.[CH3-].[Cs+]. The van der Waals surface area contributed by atoms with Crippen LogP contribution in [0, 0.1) is 13.2 Å². The van der Waals surface area contributed by atoms with Crippen molar-refractivity contribution in [2.24, 2.45) is 0 Å². The molecular formula is C21H25CsF4N4O4S. The molecule has 0 unspecified atom stereocenters. The Balaban J connectivity index is 0.00000179. The third-order valence-electron chi connectivity index (χ3n) is 4.13. The van der Waals surface area contributed by atoms with Crippen molar-refractivity contribution in [1.29, 1.82) is 0 Å². The first-order valence-corrected chi connectivity index (χ1v) is 10.2. The van der Waals surface area contributed by atoms with Crippen LogP contribution in [0.2, 0.25) is 0 Å². The van der Waals surface area contributed by atoms with Gasteiger partial charge in [0, 0.05) is 43.4 Å². The van der Waals surface area contributed by atoms with Crippen LogP contribution >= 0.6 is 12.1 Å². The summed E-state index contributed by atoms with van der Waals surface area (Å²) in [5.74, 6) is 0.159. The van der Waals surface area contributed by atoms with Gasteiger partial charge >= 0.3 is 87.8 Å². The minimum atomic E-state index is -3.67. The molecule has 0 spiro atoms. The van der Waals surface area contributed by atoms with Crippen LogP contribution in [0.3, 0.4) is 0 Å². The Morgan fingerprint density at radius 2 is 1.91 bits per heavy atom. The number of ether oxygens (including phenoxy) is 2. The molecule has 1 aliphatic heterocycles. The molecule has 2 amide bonds. The van der Waals surface area contributed by atoms with Crippen LogP contribution in [-0.4, -0.2) is 49.8 Å². The number of fused-ring (bicyclic) bond motifs is 1. The standard InChI is InChI=1S/C19H21FN4O4S.CHF3.CH3.Cs/c1-21-29-22-15-6-4-5-13(17(15)20)11-24-10-12-7-8-14(27-18(25)23(2)3)9-16(12)28-19(24)26;2-1(3)4;;/h4-9,21-22H,10-11H2,1-3H3;1H;1H3;/q;;-1;+1. The van der Waals surface area contributed by atoms with E-state index in [1.807, 2.05) is 0 Å². The van der Waals surface area contributed by atoms with Gasteiger partial charge in [0.2, 0.25) is 0 Å². The Labute approximate surface area is 264 Å². The number of hydrogen-bond acceptors (Lipinski definition) is 7. The van der Waals surface area contributed by atoms with Crippen molar-refractivity contribution in [2.75, 3.05) is 25.9 Å². The van der Waals surface area contributed by atoms with E-state index in [4.69, 9.17) is 9.47 Å². The first-order chi connectivity index (χ1) is 15.6. The van der Waals surface area contributed by atoms with Crippen molar-refractivity contribution >= 4 is 30.0 Å². The van der Waals surface area contributed by atoms with Crippen molar-refractivity contribution in [3.63, 3.8) is 0 Å². The predicted octanol–water partition coefficient (Wildman–Crippen LogP) is 2.23. The van der Waals surface area contributed by atoms with Gasteiger partial charge in [-0.25, -0.2) is 18.7 Å². The van der Waals surface area contributed by atoms with E-state index in [1.165, 1.54) is 15.9 Å². The molecule has 1 heterocycles. The molecule has 0 saturated heterocycles. The number of amides is 2. The number of halogens is 4. The molecule has 0 fully saturated rings. The third kappa shape index (κ3) is 10.8. The maximum atomic E-state index is 14.7. The normalized spacial score (nSPS) is 11.7. The largest absolute Gasteiger partial charge is 1.00 e. The number of nitrogens with one attached hydrogen (secondary N) is 2. The summed E-state index contributed by atoms with van der Waals surface area (Å²) in [6.45, 7) is -3.36. The molecule has 2 N–H and O–H groups in total. The average Bonchev–Trinajstić information content (AvgIpc) is 2.74. The molecule has 35 heavy (non-hydrogen) atoms. The van der Waals surface area contributed by atoms with Crippen LogP contribution in [0.4, 0.5) is 32.8 Å². The Bertz CT molecular complexity index is 986. The number of anilines is 1. The second-order valence-electron chi connectivity index (χ2n) is 6.69. The van der Waals surface area contributed by atoms with Gasteiger partial charge in [-0.2, -0.15) is 13.2 Å². The average molecular weight is 638 g/mol. The Kier molecular flexibility index (Phi) is 16.0. The van der Waals surface area contributed by atoms with Gasteiger partial charge in [-0.1, -0.05) is 12.1 Å². The van der Waals surface area contributed by atoms with Gasteiger partial charge in [-0.15, -0.1) is 0 Å². The van der Waals surface area contributed by atoms with Crippen molar-refractivity contribution in [2.45, 2.75) is 19.8 Å². The fraction of sp³-hybridized carbons (Fsp3) is 0.286. The quantitative estimate of drug-likeness (QED) is 0.286. The summed E-state index contributed by atoms with van der Waals surface area (Å²) in [5.41, 5.74) is 1.42. The molecule has 2 aromatic carbocycles. The minimum absolute atomic E-state index is 0. The molecular weight excluding hydrogens is 613 g/mol. The zero-order valence-corrected chi connectivity index (χ0v) is 27.0. The van der Waals surface area contributed by atoms with Gasteiger partial charge in [0.15, 0.2) is 5.82 Å². The molecule has 3 rings (SSSR count). The second-order valence-corrected chi connectivity index (χ2v) is 7.51. The number of rotatable bonds is 6. The van der Waals surface area contributed by atoms with Gasteiger partial charge in [0.25, 0.3) is 0 Å². The second kappa shape index (κ2) is 16.6. The number of carbonyl (C=O) groups is 2. The molecule has 0 saturated carbocycles. The minimum Gasteiger partial charge on any atom is -0.410 e. The smallest absolute Gasteiger partial charge is 0.410 e. The van der Waals surface area contributed by atoms with Crippen LogP contribution in [0.5, 0.6) is 11.5 Å². The first-order valence-electron chi connectivity index (χ1n) is 9.39. The molecule has 0 aliphatic carbocycles. The van der Waals surface area contributed by atoms with E-state index in [0.29, 0.717) is 17.0 Å². The number of alkyl halides is 3. The predicted molar refractivity (Wildman–Crippen MR) is 122 cm³/mol. The zero-order valence-electron chi connectivity index (χ0n) is 19.9. The topological polar surface area (TPSA) is 83.1 Å². The van der Waals surface area contributed by atoms with Crippen LogP contribution in [0.1, 0.15) is 11.1 Å². The van der Waals surface area contributed by atoms with E-state index < -0.39 is 24.7 Å². The van der Waals surface area contributed by atoms with Crippen LogP contribution in [-0.2, 0) is 13.1 Å². The van der Waals surface area contributed by atoms with Crippen LogP contribution < -0.4 is 87.8 Å². The van der Waals surface area contributed by atoms with E-state index in [2.05, 4.69) is 9.44 Å². The van der Waals surface area contributed by atoms with E-state index in [1.54, 1.807) is 51.5 Å². The van der Waals surface area contributed by atoms with Gasteiger partial charge in [0.05, 0.1) is 18.8 Å². The fourth-order valence-electron chi connectivity index (χ4n) is 2.66. The van der Waals surface area contributed by atoms with E-state index >= 15 is 0 Å². The number of nitrogens with zero attached hydrogens (tertiary/aromatic N) is 2. The Morgan fingerprint density at radius 3 is 2.51 bits per heavy atom. The summed E-state index contributed by atoms with van der Waals surface area (Å²) in [6.07, 6.45) is -1.13. The van der Waals surface area contributed by atoms with Crippen molar-refractivity contribution in [3.05, 3.63) is 60.8 Å². The maximum absolute atomic E-state index is 14.7. The first kappa shape index (κ1) is 33.9. The number of benzene rings is 2. The summed E-state index contributed by atoms with van der Waals surface area (Å²) in [6, 6.07) is 9.78. The van der Waals surface area contributed by atoms with E-state index in [0.717, 1.165) is 17.7 Å². The van der Waals surface area contributed by atoms with Crippen LogP contribution in [0.15, 0.2) is 36.4 Å². The molecule has 1 aliphatic rings. The molecule has 188 valence electrons. The summed E-state index contributed by atoms with van der Waals surface area (Å²) >= 11 is 1.14. The summed E-state index contributed by atoms with van der Waals surface area (Å²) in [7, 11) is 4.85. The van der Waals surface area contributed by atoms with Gasteiger partial charge in [-0.3, -0.25) is 4.90 Å². The van der Waals surface area contributed by atoms with E-state index in [-0.39, 0.29) is 95.2 Å². The Morgan fingerprint density at radius 1 is 1.26 bits per heavy atom. The van der Waals surface area contributed by atoms with Crippen molar-refractivity contribution in [3.8, 4) is 11.5 Å². The molecule has 0 atom stereocenters. The summed E-state index contributed by atoms with van der Waals surface area (Å²) in [5, 5.41) is 0. The molecule has 0 radical (unpaired) electrons. The molecule has 8 nitrogen and oxygen atoms in total. The third-order valence-corrected chi connectivity index (χ3v) is 4.65. The van der Waals surface area contributed by atoms with Crippen molar-refractivity contribution in [1.82, 2.24) is 14.5 Å². The van der Waals surface area contributed by atoms with Crippen LogP contribution in [0.25, 0.3) is 0 Å².